The Morgan fingerprint density at radius 3 is 2.65 bits per heavy atom. The molecule has 0 unspecified atom stereocenters. The number of hydrogen-bond donors (Lipinski definition) is 2. The van der Waals surface area contributed by atoms with E-state index >= 15 is 0 Å². The lowest BCUT2D eigenvalue weighted by Crippen LogP contribution is -2.40. The third kappa shape index (κ3) is 3.63. The first-order valence-electron chi connectivity index (χ1n) is 8.05. The number of nitrogens with zero attached hydrogens (tertiary/aromatic N) is 1. The van der Waals surface area contributed by atoms with Gasteiger partial charge in [0.15, 0.2) is 0 Å². The molecule has 6 heteroatoms. The molecule has 1 saturated carbocycles. The molecule has 3 rings (SSSR count). The fraction of sp³-hybridized carbons (Fsp3) is 0.529. The molecule has 0 aromatic heterocycles. The van der Waals surface area contributed by atoms with Gasteiger partial charge >= 0.3 is 12.0 Å². The van der Waals surface area contributed by atoms with Gasteiger partial charge in [-0.15, -0.1) is 0 Å². The zero-order valence-corrected chi connectivity index (χ0v) is 12.9. The van der Waals surface area contributed by atoms with Crippen LogP contribution in [0.5, 0.6) is 0 Å². The van der Waals surface area contributed by atoms with Crippen LogP contribution in [0.15, 0.2) is 24.3 Å². The van der Waals surface area contributed by atoms with Gasteiger partial charge in [-0.1, -0.05) is 18.2 Å². The largest absolute Gasteiger partial charge is 0.481 e. The number of hydrogen-bond acceptors (Lipinski definition) is 2. The molecule has 2 aliphatic rings. The van der Waals surface area contributed by atoms with Gasteiger partial charge < -0.3 is 15.3 Å². The third-order valence-corrected chi connectivity index (χ3v) is 4.83. The number of rotatable bonds is 5. The highest BCUT2D eigenvalue weighted by atomic mass is 19.1. The summed E-state index contributed by atoms with van der Waals surface area (Å²) in [6.07, 6.45) is 2.55. The Morgan fingerprint density at radius 1 is 1.26 bits per heavy atom. The van der Waals surface area contributed by atoms with Crippen molar-refractivity contribution in [3.8, 4) is 0 Å². The van der Waals surface area contributed by atoms with Gasteiger partial charge in [0.05, 0.1) is 5.92 Å². The van der Waals surface area contributed by atoms with Crippen LogP contribution in [0.3, 0.4) is 0 Å². The summed E-state index contributed by atoms with van der Waals surface area (Å²) >= 11 is 0. The Morgan fingerprint density at radius 2 is 2.00 bits per heavy atom. The minimum atomic E-state index is -0.816. The summed E-state index contributed by atoms with van der Waals surface area (Å²) in [6, 6.07) is 6.23. The number of carbonyl (C=O) groups excluding carboxylic acids is 1. The number of carboxylic acid groups (broad SMARTS) is 1. The molecule has 1 aromatic rings. The highest BCUT2D eigenvalue weighted by Crippen LogP contribution is 2.44. The number of carbonyl (C=O) groups is 2. The topological polar surface area (TPSA) is 69.6 Å². The Labute approximate surface area is 134 Å². The molecule has 124 valence electrons. The van der Waals surface area contributed by atoms with Gasteiger partial charge in [0.1, 0.15) is 5.82 Å². The van der Waals surface area contributed by atoms with Crippen molar-refractivity contribution in [2.75, 3.05) is 19.6 Å². The Kier molecular flexibility index (Phi) is 4.50. The van der Waals surface area contributed by atoms with Crippen LogP contribution >= 0.6 is 0 Å². The van der Waals surface area contributed by atoms with E-state index in [9.17, 15) is 19.1 Å². The van der Waals surface area contributed by atoms with Gasteiger partial charge in [-0.2, -0.15) is 0 Å². The molecule has 0 radical (unpaired) electrons. The van der Waals surface area contributed by atoms with Crippen LogP contribution in [-0.4, -0.2) is 41.6 Å². The number of aliphatic carboxylic acids is 1. The van der Waals surface area contributed by atoms with Crippen LogP contribution in [0.25, 0.3) is 0 Å². The fourth-order valence-corrected chi connectivity index (χ4v) is 3.38. The SMILES string of the molecule is O=C(O)[C@@H]1CN(C(=O)NCCc2ccccc2F)C[C@H]1C1CC1. The second-order valence-corrected chi connectivity index (χ2v) is 6.42. The molecular weight excluding hydrogens is 299 g/mol. The smallest absolute Gasteiger partial charge is 0.317 e. The minimum absolute atomic E-state index is 0.0739. The normalized spacial score (nSPS) is 23.8. The van der Waals surface area contributed by atoms with Crippen LogP contribution in [0.2, 0.25) is 0 Å². The maximum absolute atomic E-state index is 13.5. The van der Waals surface area contributed by atoms with Crippen LogP contribution < -0.4 is 5.32 Å². The average Bonchev–Trinajstić information content (AvgIpc) is 3.27. The molecule has 1 saturated heterocycles. The molecule has 0 bridgehead atoms. The molecule has 1 aliphatic carbocycles. The van der Waals surface area contributed by atoms with Crippen molar-refractivity contribution >= 4 is 12.0 Å². The number of benzene rings is 1. The average molecular weight is 320 g/mol. The zero-order chi connectivity index (χ0) is 16.4. The second-order valence-electron chi connectivity index (χ2n) is 6.42. The molecule has 0 spiro atoms. The molecule has 2 amide bonds. The summed E-state index contributed by atoms with van der Waals surface area (Å²) in [5.74, 6) is -1.02. The Balaban J connectivity index is 1.50. The Hall–Kier alpha value is -2.11. The van der Waals surface area contributed by atoms with E-state index < -0.39 is 11.9 Å². The molecular formula is C17H21FN2O3. The van der Waals surface area contributed by atoms with Crippen LogP contribution in [-0.2, 0) is 11.2 Å². The van der Waals surface area contributed by atoms with Gasteiger partial charge in [-0.25, -0.2) is 9.18 Å². The van der Waals surface area contributed by atoms with Gasteiger partial charge in [-0.05, 0) is 42.7 Å². The van der Waals surface area contributed by atoms with Crippen molar-refractivity contribution in [3.05, 3.63) is 35.6 Å². The van der Waals surface area contributed by atoms with E-state index in [1.54, 1.807) is 23.1 Å². The fourth-order valence-electron chi connectivity index (χ4n) is 3.38. The second kappa shape index (κ2) is 6.56. The standard InChI is InChI=1S/C17H21FN2O3/c18-15-4-2-1-3-12(15)7-8-19-17(23)20-9-13(11-5-6-11)14(10-20)16(21)22/h1-4,11,13-14H,5-10H2,(H,19,23)(H,21,22)/t13-,14+/m0/s1. The number of carboxylic acids is 1. The van der Waals surface area contributed by atoms with E-state index in [1.165, 1.54) is 6.07 Å². The van der Waals surface area contributed by atoms with Crippen molar-refractivity contribution in [1.29, 1.82) is 0 Å². The summed E-state index contributed by atoms with van der Waals surface area (Å²) in [5, 5.41) is 12.1. The van der Waals surface area contributed by atoms with E-state index in [0.717, 1.165) is 12.8 Å². The van der Waals surface area contributed by atoms with Crippen molar-refractivity contribution in [2.45, 2.75) is 19.3 Å². The van der Waals surface area contributed by atoms with E-state index in [-0.39, 0.29) is 24.3 Å². The third-order valence-electron chi connectivity index (χ3n) is 4.83. The molecule has 1 heterocycles. The van der Waals surface area contributed by atoms with Crippen molar-refractivity contribution < 1.29 is 19.1 Å². The monoisotopic (exact) mass is 320 g/mol. The van der Waals surface area contributed by atoms with E-state index in [4.69, 9.17) is 0 Å². The van der Waals surface area contributed by atoms with E-state index in [1.807, 2.05) is 0 Å². The lowest BCUT2D eigenvalue weighted by molar-refractivity contribution is -0.142. The van der Waals surface area contributed by atoms with E-state index in [2.05, 4.69) is 5.32 Å². The number of nitrogens with one attached hydrogen (secondary N) is 1. The van der Waals surface area contributed by atoms with Crippen LogP contribution in [0, 0.1) is 23.6 Å². The molecule has 5 nitrogen and oxygen atoms in total. The first-order chi connectivity index (χ1) is 11.1. The Bertz CT molecular complexity index is 603. The van der Waals surface area contributed by atoms with E-state index in [0.29, 0.717) is 31.0 Å². The van der Waals surface area contributed by atoms with Crippen molar-refractivity contribution in [2.24, 2.45) is 17.8 Å². The van der Waals surface area contributed by atoms with Crippen molar-refractivity contribution in [3.63, 3.8) is 0 Å². The molecule has 2 fully saturated rings. The summed E-state index contributed by atoms with van der Waals surface area (Å²) in [5.41, 5.74) is 0.563. The summed E-state index contributed by atoms with van der Waals surface area (Å²) in [6.45, 7) is 1.11. The van der Waals surface area contributed by atoms with Gasteiger partial charge in [0.25, 0.3) is 0 Å². The predicted molar refractivity (Wildman–Crippen MR) is 82.4 cm³/mol. The first kappa shape index (κ1) is 15.8. The maximum Gasteiger partial charge on any atom is 0.317 e. The quantitative estimate of drug-likeness (QED) is 0.873. The van der Waals surface area contributed by atoms with Gasteiger partial charge in [-0.3, -0.25) is 4.79 Å². The van der Waals surface area contributed by atoms with Gasteiger partial charge in [0.2, 0.25) is 0 Å². The minimum Gasteiger partial charge on any atom is -0.481 e. The first-order valence-corrected chi connectivity index (χ1v) is 8.05. The predicted octanol–water partition coefficient (Wildman–Crippen LogP) is 2.12. The zero-order valence-electron chi connectivity index (χ0n) is 12.9. The molecule has 2 N–H and O–H groups in total. The summed E-state index contributed by atoms with van der Waals surface area (Å²) < 4.78 is 13.5. The molecule has 2 atom stereocenters. The molecule has 1 aliphatic heterocycles. The highest BCUT2D eigenvalue weighted by molar-refractivity contribution is 5.77. The molecule has 23 heavy (non-hydrogen) atoms. The number of amides is 2. The lowest BCUT2D eigenvalue weighted by Gasteiger charge is -2.17. The number of urea groups is 1. The van der Waals surface area contributed by atoms with Crippen LogP contribution in [0.4, 0.5) is 9.18 Å². The summed E-state index contributed by atoms with van der Waals surface area (Å²) in [7, 11) is 0. The van der Waals surface area contributed by atoms with Gasteiger partial charge in [0, 0.05) is 19.6 Å². The number of likely N-dealkylation sites (tertiary alicyclic amines) is 1. The lowest BCUT2D eigenvalue weighted by atomic mass is 9.92. The molecule has 1 aromatic carbocycles. The number of halogens is 1. The van der Waals surface area contributed by atoms with Crippen LogP contribution in [0.1, 0.15) is 18.4 Å². The summed E-state index contributed by atoms with van der Waals surface area (Å²) in [4.78, 5) is 25.1. The highest BCUT2D eigenvalue weighted by Gasteiger charge is 2.46. The maximum atomic E-state index is 13.5. The van der Waals surface area contributed by atoms with Crippen molar-refractivity contribution in [1.82, 2.24) is 10.2 Å².